The largest absolute Gasteiger partial charge is 0.462 e. The van der Waals surface area contributed by atoms with Crippen LogP contribution in [-0.4, -0.2) is 41.2 Å². The molecule has 0 radical (unpaired) electrons. The molecule has 0 atom stereocenters. The van der Waals surface area contributed by atoms with Crippen molar-refractivity contribution < 1.29 is 32.6 Å². The van der Waals surface area contributed by atoms with Gasteiger partial charge in [-0.05, 0) is 49.7 Å². The number of carbonyl (C=O) groups is 3. The highest BCUT2D eigenvalue weighted by Gasteiger charge is 2.26. The number of thiophene rings is 1. The highest BCUT2D eigenvalue weighted by Crippen LogP contribution is 2.34. The molecule has 0 aliphatic carbocycles. The van der Waals surface area contributed by atoms with Crippen LogP contribution in [0.15, 0.2) is 30.3 Å². The lowest BCUT2D eigenvalue weighted by molar-refractivity contribution is -0.0498. The number of alkyl halides is 2. The number of ether oxygens (including phenoxy) is 2. The molecular weight excluding hydrogens is 446 g/mol. The van der Waals surface area contributed by atoms with Crippen molar-refractivity contribution in [2.75, 3.05) is 11.9 Å². The summed E-state index contributed by atoms with van der Waals surface area (Å²) in [4.78, 5) is 36.8. The molecule has 2 amide bonds. The van der Waals surface area contributed by atoms with E-state index in [-0.39, 0.29) is 33.5 Å². The number of rotatable bonds is 8. The first kappa shape index (κ1) is 22.9. The Labute approximate surface area is 184 Å². The minimum Gasteiger partial charge on any atom is -0.462 e. The summed E-state index contributed by atoms with van der Waals surface area (Å²) in [6, 6.07) is 7.16. The lowest BCUT2D eigenvalue weighted by Gasteiger charge is -2.06. The van der Waals surface area contributed by atoms with Crippen LogP contribution in [0.4, 0.5) is 13.8 Å². The van der Waals surface area contributed by atoms with Crippen LogP contribution in [0.3, 0.4) is 0 Å². The molecule has 168 valence electrons. The molecule has 9 nitrogen and oxygen atoms in total. The minimum atomic E-state index is -2.93. The normalized spacial score (nSPS) is 10.8. The third-order valence-corrected chi connectivity index (χ3v) is 5.50. The van der Waals surface area contributed by atoms with E-state index >= 15 is 0 Å². The predicted octanol–water partition coefficient (Wildman–Crippen LogP) is 3.58. The van der Waals surface area contributed by atoms with E-state index < -0.39 is 24.4 Å². The molecular formula is C20H18F2N4O5S. The van der Waals surface area contributed by atoms with Gasteiger partial charge >= 0.3 is 12.6 Å². The topological polar surface area (TPSA) is 136 Å². The summed E-state index contributed by atoms with van der Waals surface area (Å²) in [5.41, 5.74) is 6.72. The zero-order valence-electron chi connectivity index (χ0n) is 16.9. The number of H-pyrrole nitrogens is 1. The van der Waals surface area contributed by atoms with E-state index in [9.17, 15) is 23.2 Å². The number of hydrogen-bond acceptors (Lipinski definition) is 7. The number of benzene rings is 1. The van der Waals surface area contributed by atoms with E-state index in [1.807, 2.05) is 0 Å². The molecule has 3 aromatic rings. The van der Waals surface area contributed by atoms with Gasteiger partial charge in [0.2, 0.25) is 0 Å². The fourth-order valence-electron chi connectivity index (χ4n) is 2.85. The molecule has 0 fully saturated rings. The second-order valence-electron chi connectivity index (χ2n) is 6.37. The Morgan fingerprint density at radius 1 is 1.25 bits per heavy atom. The van der Waals surface area contributed by atoms with Crippen LogP contribution in [0.1, 0.15) is 43.0 Å². The van der Waals surface area contributed by atoms with Gasteiger partial charge in [-0.1, -0.05) is 0 Å². The average Bonchev–Trinajstić information content (AvgIpc) is 3.33. The SMILES string of the molecule is CCOC(=O)c1c(NC(=O)c2cc(-c3ccc(OC(F)F)cc3)n[nH]2)sc(C(N)=O)c1C. The quantitative estimate of drug-likeness (QED) is 0.436. The number of primary amides is 1. The van der Waals surface area contributed by atoms with Crippen molar-refractivity contribution in [3.63, 3.8) is 0 Å². The van der Waals surface area contributed by atoms with E-state index in [2.05, 4.69) is 20.3 Å². The number of hydrogen-bond donors (Lipinski definition) is 3. The van der Waals surface area contributed by atoms with Gasteiger partial charge in [-0.15, -0.1) is 11.3 Å². The van der Waals surface area contributed by atoms with Crippen molar-refractivity contribution in [3.05, 3.63) is 52.0 Å². The number of halogens is 2. The standard InChI is InChI=1S/C20H18F2N4O5S/c1-3-30-19(29)14-9(2)15(16(23)27)32-18(14)24-17(28)13-8-12(25-26-13)10-4-6-11(7-5-10)31-20(21)22/h4-8,20H,3H2,1-2H3,(H2,23,27)(H,24,28)(H,25,26). The number of amides is 2. The summed E-state index contributed by atoms with van der Waals surface area (Å²) < 4.78 is 33.8. The van der Waals surface area contributed by atoms with Gasteiger partial charge in [-0.25, -0.2) is 4.79 Å². The fraction of sp³-hybridized carbons (Fsp3) is 0.200. The number of aromatic amines is 1. The van der Waals surface area contributed by atoms with E-state index in [1.165, 1.54) is 37.3 Å². The Morgan fingerprint density at radius 2 is 1.94 bits per heavy atom. The van der Waals surface area contributed by atoms with Gasteiger partial charge in [0.15, 0.2) is 0 Å². The summed E-state index contributed by atoms with van der Waals surface area (Å²) in [5, 5.41) is 9.30. The van der Waals surface area contributed by atoms with Crippen LogP contribution in [0.25, 0.3) is 11.3 Å². The second-order valence-corrected chi connectivity index (χ2v) is 7.39. The third-order valence-electron chi connectivity index (χ3n) is 4.27. The third kappa shape index (κ3) is 4.91. The highest BCUT2D eigenvalue weighted by molar-refractivity contribution is 7.18. The number of aromatic nitrogens is 2. The molecule has 32 heavy (non-hydrogen) atoms. The van der Waals surface area contributed by atoms with Gasteiger partial charge in [-0.3, -0.25) is 14.7 Å². The van der Waals surface area contributed by atoms with Crippen LogP contribution in [0.2, 0.25) is 0 Å². The zero-order chi connectivity index (χ0) is 23.4. The number of anilines is 1. The first-order valence-electron chi connectivity index (χ1n) is 9.23. The molecule has 2 aromatic heterocycles. The number of nitrogens with zero attached hydrogens (tertiary/aromatic N) is 1. The predicted molar refractivity (Wildman–Crippen MR) is 112 cm³/mol. The Morgan fingerprint density at radius 3 is 2.53 bits per heavy atom. The van der Waals surface area contributed by atoms with Gasteiger partial charge in [0, 0.05) is 5.56 Å². The van der Waals surface area contributed by atoms with E-state index in [0.29, 0.717) is 16.8 Å². The monoisotopic (exact) mass is 464 g/mol. The number of carbonyl (C=O) groups excluding carboxylic acids is 3. The van der Waals surface area contributed by atoms with Crippen molar-refractivity contribution in [3.8, 4) is 17.0 Å². The van der Waals surface area contributed by atoms with Gasteiger partial charge in [0.25, 0.3) is 11.8 Å². The minimum absolute atomic E-state index is 0.0120. The van der Waals surface area contributed by atoms with Crippen LogP contribution >= 0.6 is 11.3 Å². The van der Waals surface area contributed by atoms with Gasteiger partial charge in [0.1, 0.15) is 16.4 Å². The lowest BCUT2D eigenvalue weighted by Crippen LogP contribution is -2.15. The van der Waals surface area contributed by atoms with Crippen LogP contribution < -0.4 is 15.8 Å². The number of nitrogens with one attached hydrogen (secondary N) is 2. The smallest absolute Gasteiger partial charge is 0.387 e. The fourth-order valence-corrected chi connectivity index (χ4v) is 3.89. The summed E-state index contributed by atoms with van der Waals surface area (Å²) in [7, 11) is 0. The van der Waals surface area contributed by atoms with Crippen LogP contribution in [0.5, 0.6) is 5.75 Å². The maximum atomic E-state index is 12.7. The molecule has 0 saturated carbocycles. The molecule has 0 saturated heterocycles. The highest BCUT2D eigenvalue weighted by atomic mass is 32.1. The van der Waals surface area contributed by atoms with Gasteiger partial charge in [-0.2, -0.15) is 13.9 Å². The second kappa shape index (κ2) is 9.56. The van der Waals surface area contributed by atoms with Crippen molar-refractivity contribution in [1.82, 2.24) is 10.2 Å². The van der Waals surface area contributed by atoms with Crippen molar-refractivity contribution >= 4 is 34.1 Å². The van der Waals surface area contributed by atoms with E-state index in [4.69, 9.17) is 10.5 Å². The zero-order valence-corrected chi connectivity index (χ0v) is 17.7. The molecule has 0 aliphatic rings. The van der Waals surface area contributed by atoms with Crippen molar-refractivity contribution in [2.45, 2.75) is 20.5 Å². The number of nitrogens with two attached hydrogens (primary N) is 1. The lowest BCUT2D eigenvalue weighted by atomic mass is 10.1. The number of esters is 1. The average molecular weight is 464 g/mol. The summed E-state index contributed by atoms with van der Waals surface area (Å²) in [5.74, 6) is -2.06. The summed E-state index contributed by atoms with van der Waals surface area (Å²) in [6.45, 7) is 0.342. The first-order valence-corrected chi connectivity index (χ1v) is 10.0. The van der Waals surface area contributed by atoms with E-state index in [1.54, 1.807) is 6.92 Å². The molecule has 4 N–H and O–H groups in total. The molecule has 12 heteroatoms. The molecule has 0 bridgehead atoms. The maximum Gasteiger partial charge on any atom is 0.387 e. The summed E-state index contributed by atoms with van der Waals surface area (Å²) in [6.07, 6.45) is 0. The first-order chi connectivity index (χ1) is 15.2. The molecule has 3 rings (SSSR count). The van der Waals surface area contributed by atoms with Crippen LogP contribution in [-0.2, 0) is 4.74 Å². The van der Waals surface area contributed by atoms with E-state index in [0.717, 1.165) is 11.3 Å². The Kier molecular flexibility index (Phi) is 6.83. The molecule has 0 unspecified atom stereocenters. The molecule has 2 heterocycles. The van der Waals surface area contributed by atoms with Crippen molar-refractivity contribution in [2.24, 2.45) is 5.73 Å². The molecule has 0 spiro atoms. The Bertz CT molecular complexity index is 1160. The molecule has 1 aromatic carbocycles. The van der Waals surface area contributed by atoms with Gasteiger partial charge in [0.05, 0.1) is 22.7 Å². The Hall–Kier alpha value is -3.80. The van der Waals surface area contributed by atoms with Gasteiger partial charge < -0.3 is 20.5 Å². The maximum absolute atomic E-state index is 12.7. The van der Waals surface area contributed by atoms with Crippen LogP contribution in [0, 0.1) is 6.92 Å². The molecule has 0 aliphatic heterocycles. The Balaban J connectivity index is 1.83. The van der Waals surface area contributed by atoms with Crippen molar-refractivity contribution in [1.29, 1.82) is 0 Å². The summed E-state index contributed by atoms with van der Waals surface area (Å²) >= 11 is 0.864.